The lowest BCUT2D eigenvalue weighted by Crippen LogP contribution is -2.12. The summed E-state index contributed by atoms with van der Waals surface area (Å²) in [4.78, 5) is 0. The van der Waals surface area contributed by atoms with Gasteiger partial charge in [0.25, 0.3) is 0 Å². The molecule has 0 amide bonds. The summed E-state index contributed by atoms with van der Waals surface area (Å²) in [5.74, 6) is 0.326. The zero-order chi connectivity index (χ0) is 8.48. The van der Waals surface area contributed by atoms with E-state index < -0.39 is 10.3 Å². The maximum Gasteiger partial charge on any atom is 0.358 e. The molecule has 0 radical (unpaired) electrons. The van der Waals surface area contributed by atoms with Gasteiger partial charge in [0, 0.05) is 13.2 Å². The van der Waals surface area contributed by atoms with E-state index in [0.717, 1.165) is 0 Å². The predicted molar refractivity (Wildman–Crippen MR) is 40.6 cm³/mol. The zero-order valence-corrected chi connectivity index (χ0v) is 6.67. The number of aryl methyl sites for hydroxylation is 1. The highest BCUT2D eigenvalue weighted by atomic mass is 32.2. The first-order chi connectivity index (χ1) is 4.99. The van der Waals surface area contributed by atoms with E-state index in [4.69, 9.17) is 4.55 Å². The Labute approximate surface area is 64.5 Å². The van der Waals surface area contributed by atoms with Gasteiger partial charge in [-0.05, 0) is 12.1 Å². The first-order valence-corrected chi connectivity index (χ1v) is 4.29. The Hall–Kier alpha value is -1.01. The Balaban J connectivity index is 2.89. The van der Waals surface area contributed by atoms with Crippen molar-refractivity contribution in [1.82, 2.24) is 4.57 Å². The third-order valence-corrected chi connectivity index (χ3v) is 1.64. The molecule has 1 aromatic heterocycles. The average Bonchev–Trinajstić information content (AvgIpc) is 2.12. The minimum Gasteiger partial charge on any atom is -0.337 e. The van der Waals surface area contributed by atoms with Crippen LogP contribution in [0.4, 0.5) is 5.82 Å². The summed E-state index contributed by atoms with van der Waals surface area (Å²) in [6.45, 7) is 0. The monoisotopic (exact) mass is 176 g/mol. The van der Waals surface area contributed by atoms with Crippen molar-refractivity contribution in [3.8, 4) is 0 Å². The Bertz CT molecular complexity index is 340. The predicted octanol–water partition coefficient (Wildman–Crippen LogP) is 0.240. The molecule has 62 valence electrons. The van der Waals surface area contributed by atoms with Crippen LogP contribution in [0.1, 0.15) is 0 Å². The van der Waals surface area contributed by atoms with Gasteiger partial charge in [-0.3, -0.25) is 4.55 Å². The standard InChI is InChI=1S/C5H8N2O3S/c1-7-4-2-3-5(7)6-11(8,9)10/h2-4,6H,1H3,(H,8,9,10). The molecular formula is C5H8N2O3S. The Morgan fingerprint density at radius 1 is 1.64 bits per heavy atom. The highest BCUT2D eigenvalue weighted by Gasteiger charge is 2.04. The molecule has 2 N–H and O–H groups in total. The van der Waals surface area contributed by atoms with Crippen molar-refractivity contribution in [3.63, 3.8) is 0 Å². The highest BCUT2D eigenvalue weighted by Crippen LogP contribution is 2.06. The summed E-state index contributed by atoms with van der Waals surface area (Å²) < 4.78 is 32.4. The summed E-state index contributed by atoms with van der Waals surface area (Å²) >= 11 is 0. The molecule has 0 aliphatic rings. The van der Waals surface area contributed by atoms with Crippen LogP contribution in [-0.2, 0) is 17.4 Å². The van der Waals surface area contributed by atoms with Gasteiger partial charge in [-0.15, -0.1) is 0 Å². The largest absolute Gasteiger partial charge is 0.358 e. The molecule has 1 aromatic rings. The van der Waals surface area contributed by atoms with Crippen LogP contribution in [0.5, 0.6) is 0 Å². The first-order valence-electron chi connectivity index (χ1n) is 2.85. The van der Waals surface area contributed by atoms with Gasteiger partial charge >= 0.3 is 10.3 Å². The van der Waals surface area contributed by atoms with Crippen molar-refractivity contribution in [2.75, 3.05) is 4.72 Å². The van der Waals surface area contributed by atoms with Crippen molar-refractivity contribution < 1.29 is 13.0 Å². The molecule has 5 nitrogen and oxygen atoms in total. The third kappa shape index (κ3) is 2.24. The van der Waals surface area contributed by atoms with Gasteiger partial charge in [-0.1, -0.05) is 0 Å². The van der Waals surface area contributed by atoms with Gasteiger partial charge < -0.3 is 4.57 Å². The van der Waals surface area contributed by atoms with Crippen LogP contribution in [-0.4, -0.2) is 17.5 Å². The second-order valence-corrected chi connectivity index (χ2v) is 3.24. The molecule has 1 rings (SSSR count). The summed E-state index contributed by atoms with van der Waals surface area (Å²) in [7, 11) is -2.48. The van der Waals surface area contributed by atoms with E-state index in [1.165, 1.54) is 10.6 Å². The molecule has 6 heteroatoms. The van der Waals surface area contributed by atoms with E-state index in [1.807, 2.05) is 4.72 Å². The Morgan fingerprint density at radius 3 is 2.64 bits per heavy atom. The number of nitrogens with one attached hydrogen (secondary N) is 1. The molecular weight excluding hydrogens is 168 g/mol. The molecule has 0 fully saturated rings. The number of nitrogens with zero attached hydrogens (tertiary/aromatic N) is 1. The van der Waals surface area contributed by atoms with Gasteiger partial charge in [0.1, 0.15) is 5.82 Å². The number of aromatic nitrogens is 1. The second-order valence-electron chi connectivity index (χ2n) is 2.08. The van der Waals surface area contributed by atoms with Gasteiger partial charge in [0.2, 0.25) is 0 Å². The van der Waals surface area contributed by atoms with E-state index in [1.54, 1.807) is 19.3 Å². The van der Waals surface area contributed by atoms with Gasteiger partial charge in [-0.25, -0.2) is 4.72 Å². The lowest BCUT2D eigenvalue weighted by Gasteiger charge is -2.02. The van der Waals surface area contributed by atoms with Crippen molar-refractivity contribution in [2.45, 2.75) is 0 Å². The highest BCUT2D eigenvalue weighted by molar-refractivity contribution is 7.87. The summed E-state index contributed by atoms with van der Waals surface area (Å²) in [5, 5.41) is 0. The number of anilines is 1. The quantitative estimate of drug-likeness (QED) is 0.634. The first kappa shape index (κ1) is 8.09. The van der Waals surface area contributed by atoms with Crippen LogP contribution in [0.15, 0.2) is 18.3 Å². The SMILES string of the molecule is Cn1cccc1NS(=O)(=O)O. The third-order valence-electron chi connectivity index (χ3n) is 1.18. The molecule has 0 aliphatic carbocycles. The van der Waals surface area contributed by atoms with E-state index in [-0.39, 0.29) is 0 Å². The molecule has 0 aromatic carbocycles. The van der Waals surface area contributed by atoms with Crippen LogP contribution in [0, 0.1) is 0 Å². The van der Waals surface area contributed by atoms with Crippen molar-refractivity contribution in [3.05, 3.63) is 18.3 Å². The van der Waals surface area contributed by atoms with Crippen LogP contribution in [0.3, 0.4) is 0 Å². The van der Waals surface area contributed by atoms with Crippen molar-refractivity contribution in [2.24, 2.45) is 7.05 Å². The minimum absolute atomic E-state index is 0.326. The summed E-state index contributed by atoms with van der Waals surface area (Å²) in [5.41, 5.74) is 0. The Morgan fingerprint density at radius 2 is 2.27 bits per heavy atom. The molecule has 0 aliphatic heterocycles. The number of rotatable bonds is 2. The fourth-order valence-electron chi connectivity index (χ4n) is 0.699. The minimum atomic E-state index is -4.14. The van der Waals surface area contributed by atoms with Crippen LogP contribution >= 0.6 is 0 Å². The molecule has 11 heavy (non-hydrogen) atoms. The van der Waals surface area contributed by atoms with E-state index in [0.29, 0.717) is 5.82 Å². The fourth-order valence-corrected chi connectivity index (χ4v) is 1.18. The summed E-state index contributed by atoms with van der Waals surface area (Å²) in [6, 6.07) is 3.20. The summed E-state index contributed by atoms with van der Waals surface area (Å²) in [6.07, 6.45) is 1.66. The fraction of sp³-hybridized carbons (Fsp3) is 0.200. The van der Waals surface area contributed by atoms with E-state index >= 15 is 0 Å². The maximum absolute atomic E-state index is 10.3. The molecule has 0 saturated carbocycles. The van der Waals surface area contributed by atoms with Crippen LogP contribution in [0.2, 0.25) is 0 Å². The molecule has 0 spiro atoms. The second kappa shape index (κ2) is 2.55. The zero-order valence-electron chi connectivity index (χ0n) is 5.85. The lowest BCUT2D eigenvalue weighted by atomic mass is 10.6. The van der Waals surface area contributed by atoms with E-state index in [2.05, 4.69) is 0 Å². The average molecular weight is 176 g/mol. The number of hydrogen-bond acceptors (Lipinski definition) is 2. The van der Waals surface area contributed by atoms with Crippen LogP contribution < -0.4 is 4.72 Å². The molecule has 0 unspecified atom stereocenters. The molecule has 0 saturated heterocycles. The lowest BCUT2D eigenvalue weighted by molar-refractivity contribution is 0.489. The van der Waals surface area contributed by atoms with Crippen molar-refractivity contribution >= 4 is 16.1 Å². The molecule has 0 atom stereocenters. The van der Waals surface area contributed by atoms with Crippen LogP contribution in [0.25, 0.3) is 0 Å². The topological polar surface area (TPSA) is 71.3 Å². The van der Waals surface area contributed by atoms with Gasteiger partial charge in [-0.2, -0.15) is 8.42 Å². The molecule has 1 heterocycles. The maximum atomic E-state index is 10.3. The molecule has 0 bridgehead atoms. The van der Waals surface area contributed by atoms with Crippen molar-refractivity contribution in [1.29, 1.82) is 0 Å². The smallest absolute Gasteiger partial charge is 0.337 e. The number of hydrogen-bond donors (Lipinski definition) is 2. The van der Waals surface area contributed by atoms with E-state index in [9.17, 15) is 8.42 Å². The van der Waals surface area contributed by atoms with Gasteiger partial charge in [0.05, 0.1) is 0 Å². The Kier molecular flexibility index (Phi) is 1.88. The normalized spacial score (nSPS) is 11.5. The van der Waals surface area contributed by atoms with Gasteiger partial charge in [0.15, 0.2) is 0 Å².